The predicted octanol–water partition coefficient (Wildman–Crippen LogP) is 4.52. The molecule has 212 valence electrons. The van der Waals surface area contributed by atoms with E-state index in [-0.39, 0.29) is 21.1 Å². The highest BCUT2D eigenvalue weighted by Gasteiger charge is 2.37. The highest BCUT2D eigenvalue weighted by molar-refractivity contribution is 7.87. The van der Waals surface area contributed by atoms with Gasteiger partial charge in [-0.25, -0.2) is 0 Å². The first-order valence-electron chi connectivity index (χ1n) is 12.1. The summed E-state index contributed by atoms with van der Waals surface area (Å²) in [6.45, 7) is 5.27. The van der Waals surface area contributed by atoms with Gasteiger partial charge in [0, 0.05) is 5.41 Å². The van der Waals surface area contributed by atoms with Gasteiger partial charge < -0.3 is 0 Å². The minimum Gasteiger partial charge on any atom is -0.266 e. The van der Waals surface area contributed by atoms with Crippen molar-refractivity contribution in [1.29, 1.82) is 0 Å². The average Bonchev–Trinajstić information content (AvgIpc) is 2.89. The van der Waals surface area contributed by atoms with E-state index in [0.717, 1.165) is 16.7 Å². The first-order valence-corrected chi connectivity index (χ1v) is 16.3. The van der Waals surface area contributed by atoms with Crippen molar-refractivity contribution >= 4 is 30.4 Å². The molecule has 0 aliphatic carbocycles. The molecule has 0 aromatic heterocycles. The lowest BCUT2D eigenvalue weighted by atomic mass is 9.88. The second kappa shape index (κ2) is 12.3. The van der Waals surface area contributed by atoms with Crippen LogP contribution in [-0.4, -0.2) is 45.1 Å². The van der Waals surface area contributed by atoms with Crippen LogP contribution >= 0.6 is 0 Å². The van der Waals surface area contributed by atoms with Gasteiger partial charge >= 0.3 is 0 Å². The second-order valence-corrected chi connectivity index (χ2v) is 14.3. The third-order valence-electron chi connectivity index (χ3n) is 6.24. The maximum absolute atomic E-state index is 12.9. The molecule has 3 aromatic carbocycles. The Morgan fingerprint density at radius 3 is 0.923 bits per heavy atom. The molecule has 0 spiro atoms. The molecule has 0 saturated carbocycles. The molecule has 0 N–H and O–H groups in total. The Balaban J connectivity index is 1.88. The van der Waals surface area contributed by atoms with Crippen LogP contribution < -0.4 is 0 Å². The first kappa shape index (κ1) is 30.9. The van der Waals surface area contributed by atoms with E-state index in [0.29, 0.717) is 0 Å². The zero-order valence-electron chi connectivity index (χ0n) is 22.2. The predicted molar refractivity (Wildman–Crippen MR) is 146 cm³/mol. The Labute approximate surface area is 231 Å². The highest BCUT2D eigenvalue weighted by Crippen LogP contribution is 2.30. The van der Waals surface area contributed by atoms with Crippen molar-refractivity contribution in [2.75, 3.05) is 19.8 Å². The van der Waals surface area contributed by atoms with Gasteiger partial charge in [0.2, 0.25) is 0 Å². The Bertz CT molecular complexity index is 1380. The molecule has 0 saturated heterocycles. The molecule has 0 atom stereocenters. The van der Waals surface area contributed by atoms with Crippen LogP contribution in [0, 0.1) is 26.2 Å². The Morgan fingerprint density at radius 2 is 0.718 bits per heavy atom. The fourth-order valence-electron chi connectivity index (χ4n) is 3.36. The van der Waals surface area contributed by atoms with Crippen molar-refractivity contribution in [3.8, 4) is 0 Å². The molecule has 0 aliphatic rings. The fraction of sp³-hybridized carbons (Fsp3) is 0.333. The number of rotatable bonds is 13. The summed E-state index contributed by atoms with van der Waals surface area (Å²) in [6.07, 6.45) is 0.0727. The van der Waals surface area contributed by atoms with Crippen LogP contribution in [0.4, 0.5) is 0 Å². The van der Waals surface area contributed by atoms with Crippen LogP contribution in [0.2, 0.25) is 0 Å². The smallest absolute Gasteiger partial charge is 0.266 e. The summed E-state index contributed by atoms with van der Waals surface area (Å²) < 4.78 is 93.2. The normalized spacial score (nSPS) is 12.9. The van der Waals surface area contributed by atoms with E-state index in [4.69, 9.17) is 12.5 Å². The molecule has 3 aromatic rings. The molecule has 0 bridgehead atoms. The van der Waals surface area contributed by atoms with E-state index in [1.165, 1.54) is 36.4 Å². The van der Waals surface area contributed by atoms with Crippen LogP contribution in [0.1, 0.15) is 30.0 Å². The number of benzene rings is 3. The van der Waals surface area contributed by atoms with Crippen molar-refractivity contribution in [1.82, 2.24) is 0 Å². The summed E-state index contributed by atoms with van der Waals surface area (Å²) in [7, 11) is -12.8. The first-order chi connectivity index (χ1) is 18.2. The number of aryl methyl sites for hydroxylation is 3. The minimum absolute atomic E-state index is 0.0727. The lowest BCUT2D eigenvalue weighted by Crippen LogP contribution is -2.39. The maximum Gasteiger partial charge on any atom is 0.296 e. The van der Waals surface area contributed by atoms with Crippen LogP contribution in [-0.2, 0) is 42.9 Å². The molecule has 0 aliphatic heterocycles. The standard InChI is InChI=1S/C27H32O9S3/c1-5-27(18-34-37(28,29)24-12-6-21(2)7-13-24,19-35-38(30,31)25-14-8-22(3)9-15-25)20-36-39(32,33)26-16-10-23(4)11-17-26/h6-17H,5,18-20H2,1-4H3. The second-order valence-electron chi connectivity index (χ2n) is 9.44. The third-order valence-corrected chi connectivity index (χ3v) is 10.1. The summed E-state index contributed by atoms with van der Waals surface area (Å²) in [5.74, 6) is 0. The highest BCUT2D eigenvalue weighted by atomic mass is 32.2. The van der Waals surface area contributed by atoms with Crippen LogP contribution in [0.15, 0.2) is 87.5 Å². The van der Waals surface area contributed by atoms with E-state index >= 15 is 0 Å². The van der Waals surface area contributed by atoms with Gasteiger partial charge in [-0.2, -0.15) is 25.3 Å². The molecular weight excluding hydrogens is 564 g/mol. The van der Waals surface area contributed by atoms with Gasteiger partial charge in [-0.3, -0.25) is 12.5 Å². The van der Waals surface area contributed by atoms with Crippen LogP contribution in [0.25, 0.3) is 0 Å². The van der Waals surface area contributed by atoms with Gasteiger partial charge in [0.1, 0.15) is 0 Å². The van der Waals surface area contributed by atoms with Crippen molar-refractivity contribution in [3.63, 3.8) is 0 Å². The van der Waals surface area contributed by atoms with Gasteiger partial charge in [-0.1, -0.05) is 60.0 Å². The monoisotopic (exact) mass is 596 g/mol. The minimum atomic E-state index is -4.25. The number of hydrogen-bond donors (Lipinski definition) is 0. The van der Waals surface area contributed by atoms with Crippen molar-refractivity contribution in [3.05, 3.63) is 89.5 Å². The van der Waals surface area contributed by atoms with Crippen LogP contribution in [0.3, 0.4) is 0 Å². The van der Waals surface area contributed by atoms with Gasteiger partial charge in [0.25, 0.3) is 30.4 Å². The van der Waals surface area contributed by atoms with Gasteiger partial charge in [0.15, 0.2) is 0 Å². The van der Waals surface area contributed by atoms with E-state index < -0.39 is 55.6 Å². The van der Waals surface area contributed by atoms with Crippen molar-refractivity contribution in [2.45, 2.75) is 48.8 Å². The van der Waals surface area contributed by atoms with Crippen molar-refractivity contribution in [2.24, 2.45) is 5.41 Å². The molecule has 0 radical (unpaired) electrons. The summed E-state index contributed by atoms with van der Waals surface area (Å²) in [5, 5.41) is 0. The number of hydrogen-bond acceptors (Lipinski definition) is 9. The quantitative estimate of drug-likeness (QED) is 0.261. The zero-order chi connectivity index (χ0) is 28.9. The van der Waals surface area contributed by atoms with Crippen molar-refractivity contribution < 1.29 is 37.8 Å². The molecule has 39 heavy (non-hydrogen) atoms. The Hall–Kier alpha value is -2.61. The molecule has 3 rings (SSSR count). The topological polar surface area (TPSA) is 130 Å². The summed E-state index contributed by atoms with van der Waals surface area (Å²) in [6, 6.07) is 18.0. The lowest BCUT2D eigenvalue weighted by Gasteiger charge is -2.31. The largest absolute Gasteiger partial charge is 0.296 e. The molecule has 0 unspecified atom stereocenters. The summed E-state index contributed by atoms with van der Waals surface area (Å²) >= 11 is 0. The summed E-state index contributed by atoms with van der Waals surface area (Å²) in [4.78, 5) is -0.293. The maximum atomic E-state index is 12.9. The average molecular weight is 597 g/mol. The van der Waals surface area contributed by atoms with E-state index in [1.54, 1.807) is 64.1 Å². The Kier molecular flexibility index (Phi) is 9.73. The lowest BCUT2D eigenvalue weighted by molar-refractivity contribution is 0.0364. The molecule has 0 amide bonds. The van der Waals surface area contributed by atoms with Gasteiger partial charge in [-0.05, 0) is 63.6 Å². The Morgan fingerprint density at radius 1 is 0.487 bits per heavy atom. The molecule has 12 heteroatoms. The summed E-state index contributed by atoms with van der Waals surface area (Å²) in [5.41, 5.74) is 1.08. The zero-order valence-corrected chi connectivity index (χ0v) is 24.6. The van der Waals surface area contributed by atoms with Gasteiger partial charge in [-0.15, -0.1) is 0 Å². The third kappa shape index (κ3) is 8.19. The molecule has 9 nitrogen and oxygen atoms in total. The van der Waals surface area contributed by atoms with E-state index in [2.05, 4.69) is 0 Å². The molecular formula is C27H32O9S3. The van der Waals surface area contributed by atoms with Gasteiger partial charge in [0.05, 0.1) is 34.5 Å². The van der Waals surface area contributed by atoms with Crippen LogP contribution in [0.5, 0.6) is 0 Å². The van der Waals surface area contributed by atoms with E-state index in [9.17, 15) is 25.3 Å². The fourth-order valence-corrected chi connectivity index (χ4v) is 6.39. The molecule has 0 heterocycles. The van der Waals surface area contributed by atoms with E-state index in [1.807, 2.05) is 0 Å². The molecule has 0 fully saturated rings. The SMILES string of the molecule is CCC(COS(=O)(=O)c1ccc(C)cc1)(COS(=O)(=O)c1ccc(C)cc1)COS(=O)(=O)c1ccc(C)cc1.